The van der Waals surface area contributed by atoms with Crippen LogP contribution in [0.15, 0.2) is 72.9 Å². The number of anilines is 5. The van der Waals surface area contributed by atoms with Crippen molar-refractivity contribution in [1.82, 2.24) is 9.97 Å². The van der Waals surface area contributed by atoms with Crippen molar-refractivity contribution in [3.8, 4) is 23.1 Å². The number of aryl methyl sites for hydroxylation is 1. The third kappa shape index (κ3) is 6.95. The Morgan fingerprint density at radius 3 is 2.37 bits per heavy atom. The molecule has 1 aromatic heterocycles. The van der Waals surface area contributed by atoms with Crippen LogP contribution in [0.1, 0.15) is 5.56 Å². The second kappa shape index (κ2) is 12.9. The highest BCUT2D eigenvalue weighted by Crippen LogP contribution is 2.35. The minimum atomic E-state index is -0.516. The Bertz CT molecular complexity index is 1490. The third-order valence-corrected chi connectivity index (χ3v) is 6.38. The highest BCUT2D eigenvalue weighted by atomic mass is 16.5. The molecule has 0 atom stereocenters. The molecular formula is C30H32N6O5. The van der Waals surface area contributed by atoms with Gasteiger partial charge in [0, 0.05) is 24.5 Å². The van der Waals surface area contributed by atoms with Crippen LogP contribution in [0, 0.1) is 6.92 Å². The van der Waals surface area contributed by atoms with Gasteiger partial charge in [-0.25, -0.2) is 9.78 Å². The lowest BCUT2D eigenvalue weighted by molar-refractivity contribution is 0.122. The zero-order valence-corrected chi connectivity index (χ0v) is 23.1. The van der Waals surface area contributed by atoms with Crippen LogP contribution in [0.3, 0.4) is 0 Å². The number of benzene rings is 3. The van der Waals surface area contributed by atoms with E-state index in [-0.39, 0.29) is 11.6 Å². The number of para-hydroxylation sites is 2. The quantitative estimate of drug-likeness (QED) is 0.234. The predicted octanol–water partition coefficient (Wildman–Crippen LogP) is 5.82. The highest BCUT2D eigenvalue weighted by Gasteiger charge is 2.17. The number of carbonyl (C=O) groups is 1. The van der Waals surface area contributed by atoms with Gasteiger partial charge in [-0.2, -0.15) is 4.98 Å². The number of hydrogen-bond acceptors (Lipinski definition) is 9. The predicted molar refractivity (Wildman–Crippen MR) is 158 cm³/mol. The molecule has 2 heterocycles. The summed E-state index contributed by atoms with van der Waals surface area (Å²) in [5.41, 5.74) is 3.70. The molecule has 1 fully saturated rings. The average molecular weight is 557 g/mol. The van der Waals surface area contributed by atoms with Crippen LogP contribution in [0.25, 0.3) is 0 Å². The van der Waals surface area contributed by atoms with Crippen LogP contribution in [0.5, 0.6) is 23.1 Å². The zero-order valence-electron chi connectivity index (χ0n) is 23.1. The first-order valence-corrected chi connectivity index (χ1v) is 13.1. The van der Waals surface area contributed by atoms with Crippen molar-refractivity contribution in [2.75, 3.05) is 61.4 Å². The molecule has 11 heteroatoms. The summed E-state index contributed by atoms with van der Waals surface area (Å²) in [7, 11) is 3.10. The summed E-state index contributed by atoms with van der Waals surface area (Å²) in [5.74, 6) is 1.91. The van der Waals surface area contributed by atoms with E-state index >= 15 is 0 Å². The molecule has 1 aliphatic rings. The number of nitrogens with zero attached hydrogens (tertiary/aromatic N) is 3. The molecule has 1 aliphatic heterocycles. The summed E-state index contributed by atoms with van der Waals surface area (Å²) in [6.07, 6.45) is 1.48. The SMILES string of the molecule is COc1ccccc1NC(=O)Nc1cnc(Nc2ccc(N3CCOCC3)cc2)nc1Oc1ccc(C)cc1OC. The van der Waals surface area contributed by atoms with E-state index in [9.17, 15) is 4.79 Å². The smallest absolute Gasteiger partial charge is 0.323 e. The van der Waals surface area contributed by atoms with Gasteiger partial charge in [-0.1, -0.05) is 18.2 Å². The first-order chi connectivity index (χ1) is 20.0. The van der Waals surface area contributed by atoms with E-state index in [0.29, 0.717) is 28.9 Å². The van der Waals surface area contributed by atoms with Crippen molar-refractivity contribution in [3.63, 3.8) is 0 Å². The lowest BCUT2D eigenvalue weighted by Gasteiger charge is -2.28. The summed E-state index contributed by atoms with van der Waals surface area (Å²) in [6, 6.07) is 20.1. The van der Waals surface area contributed by atoms with Crippen LogP contribution >= 0.6 is 0 Å². The van der Waals surface area contributed by atoms with Crippen LogP contribution in [0.4, 0.5) is 33.5 Å². The molecule has 3 aromatic carbocycles. The summed E-state index contributed by atoms with van der Waals surface area (Å²) in [6.45, 7) is 5.12. The fourth-order valence-electron chi connectivity index (χ4n) is 4.28. The van der Waals surface area contributed by atoms with E-state index in [1.807, 2.05) is 49.4 Å². The maximum Gasteiger partial charge on any atom is 0.323 e. The molecule has 41 heavy (non-hydrogen) atoms. The molecule has 11 nitrogen and oxygen atoms in total. The van der Waals surface area contributed by atoms with Gasteiger partial charge in [0.25, 0.3) is 0 Å². The van der Waals surface area contributed by atoms with Gasteiger partial charge in [0.15, 0.2) is 11.5 Å². The Balaban J connectivity index is 1.38. The second-order valence-electron chi connectivity index (χ2n) is 9.22. The first kappa shape index (κ1) is 27.5. The van der Waals surface area contributed by atoms with Crippen molar-refractivity contribution in [2.45, 2.75) is 6.92 Å². The van der Waals surface area contributed by atoms with Crippen LogP contribution in [-0.4, -0.2) is 56.5 Å². The van der Waals surface area contributed by atoms with E-state index < -0.39 is 6.03 Å². The Morgan fingerprint density at radius 2 is 1.61 bits per heavy atom. The molecule has 0 bridgehead atoms. The van der Waals surface area contributed by atoms with Gasteiger partial charge in [0.1, 0.15) is 11.4 Å². The van der Waals surface area contributed by atoms with Crippen molar-refractivity contribution < 1.29 is 23.7 Å². The minimum Gasteiger partial charge on any atom is -0.495 e. The van der Waals surface area contributed by atoms with E-state index in [0.717, 1.165) is 43.2 Å². The monoisotopic (exact) mass is 556 g/mol. The maximum absolute atomic E-state index is 12.9. The average Bonchev–Trinajstić information content (AvgIpc) is 3.00. The molecule has 0 aliphatic carbocycles. The molecule has 0 radical (unpaired) electrons. The molecule has 5 rings (SSSR count). The van der Waals surface area contributed by atoms with Gasteiger partial charge in [-0.3, -0.25) is 0 Å². The normalized spacial score (nSPS) is 12.8. The number of morpholine rings is 1. The van der Waals surface area contributed by atoms with Gasteiger partial charge in [0.05, 0.1) is 39.3 Å². The number of carbonyl (C=O) groups excluding carboxylic acids is 1. The third-order valence-electron chi connectivity index (χ3n) is 6.38. The Morgan fingerprint density at radius 1 is 0.878 bits per heavy atom. The number of urea groups is 1. The number of ether oxygens (including phenoxy) is 4. The van der Waals surface area contributed by atoms with Crippen LogP contribution in [-0.2, 0) is 4.74 Å². The Hall–Kier alpha value is -5.03. The van der Waals surface area contributed by atoms with E-state index in [1.54, 1.807) is 31.4 Å². The highest BCUT2D eigenvalue weighted by molar-refractivity contribution is 6.01. The number of rotatable bonds is 9. The Labute approximate surface area is 238 Å². The van der Waals surface area contributed by atoms with Crippen molar-refractivity contribution in [1.29, 1.82) is 0 Å². The number of methoxy groups -OCH3 is 2. The molecule has 3 N–H and O–H groups in total. The molecule has 4 aromatic rings. The lowest BCUT2D eigenvalue weighted by Crippen LogP contribution is -2.36. The van der Waals surface area contributed by atoms with Crippen LogP contribution < -0.4 is 35.1 Å². The zero-order chi connectivity index (χ0) is 28.6. The van der Waals surface area contributed by atoms with Gasteiger partial charge >= 0.3 is 6.03 Å². The van der Waals surface area contributed by atoms with Crippen molar-refractivity contribution in [3.05, 3.63) is 78.5 Å². The number of nitrogens with one attached hydrogen (secondary N) is 3. The van der Waals surface area contributed by atoms with E-state index in [1.165, 1.54) is 13.3 Å². The molecule has 2 amide bonds. The van der Waals surface area contributed by atoms with E-state index in [2.05, 4.69) is 30.8 Å². The number of amides is 2. The molecule has 0 unspecified atom stereocenters. The summed E-state index contributed by atoms with van der Waals surface area (Å²) < 4.78 is 22.4. The summed E-state index contributed by atoms with van der Waals surface area (Å²) in [5, 5.41) is 8.77. The summed E-state index contributed by atoms with van der Waals surface area (Å²) in [4.78, 5) is 24.2. The lowest BCUT2D eigenvalue weighted by atomic mass is 10.2. The van der Waals surface area contributed by atoms with Gasteiger partial charge < -0.3 is 39.8 Å². The molecular weight excluding hydrogens is 524 g/mol. The number of hydrogen-bond donors (Lipinski definition) is 3. The fraction of sp³-hybridized carbons (Fsp3) is 0.233. The molecule has 212 valence electrons. The fourth-order valence-corrected chi connectivity index (χ4v) is 4.28. The van der Waals surface area contributed by atoms with Gasteiger partial charge in [-0.15, -0.1) is 0 Å². The second-order valence-corrected chi connectivity index (χ2v) is 9.22. The van der Waals surface area contributed by atoms with Crippen molar-refractivity contribution in [2.24, 2.45) is 0 Å². The van der Waals surface area contributed by atoms with E-state index in [4.69, 9.17) is 18.9 Å². The molecule has 0 saturated carbocycles. The topological polar surface area (TPSA) is 119 Å². The number of aromatic nitrogens is 2. The standard InChI is InChI=1S/C30H32N6O5/c1-20-8-13-26(27(18-20)39-3)41-28-24(34-30(37)33-23-6-4-5-7-25(23)38-2)19-31-29(35-28)32-21-9-11-22(12-10-21)36-14-16-40-17-15-36/h4-13,18-19H,14-17H2,1-3H3,(H,31,32,35)(H2,33,34,37). The first-order valence-electron chi connectivity index (χ1n) is 13.1. The molecule has 1 saturated heterocycles. The minimum absolute atomic E-state index is 0.129. The van der Waals surface area contributed by atoms with Crippen molar-refractivity contribution >= 4 is 34.7 Å². The van der Waals surface area contributed by atoms with Gasteiger partial charge in [0.2, 0.25) is 11.8 Å². The van der Waals surface area contributed by atoms with Gasteiger partial charge in [-0.05, 0) is 61.0 Å². The van der Waals surface area contributed by atoms with Crippen LogP contribution in [0.2, 0.25) is 0 Å². The largest absolute Gasteiger partial charge is 0.495 e. The Kier molecular flexibility index (Phi) is 8.65. The summed E-state index contributed by atoms with van der Waals surface area (Å²) >= 11 is 0. The maximum atomic E-state index is 12.9. The molecule has 0 spiro atoms.